The smallest absolute Gasteiger partial charge is 0.295 e. The number of para-hydroxylation sites is 1. The van der Waals surface area contributed by atoms with Gasteiger partial charge in [-0.2, -0.15) is 0 Å². The second kappa shape index (κ2) is 7.30. The molecule has 1 fully saturated rings. The zero-order chi connectivity index (χ0) is 17.1. The standard InChI is InChI=1S/C17H12Cl2N2O2S/c18-12-7-5-11(6-8-12)9-15-16(22)21(17(23)24-15)10-20-14-4-2-1-3-13(14)19/h1-9,20H,10H2. The third-order valence-electron chi connectivity index (χ3n) is 3.34. The highest BCUT2D eigenvalue weighted by Gasteiger charge is 2.34. The molecule has 7 heteroatoms. The molecule has 1 saturated heterocycles. The molecular formula is C17H12Cl2N2O2S. The van der Waals surface area contributed by atoms with Crippen molar-refractivity contribution in [2.24, 2.45) is 0 Å². The number of hydrogen-bond acceptors (Lipinski definition) is 4. The summed E-state index contributed by atoms with van der Waals surface area (Å²) in [7, 11) is 0. The molecule has 2 amide bonds. The molecule has 0 unspecified atom stereocenters. The van der Waals surface area contributed by atoms with Crippen molar-refractivity contribution in [3.63, 3.8) is 0 Å². The van der Waals surface area contributed by atoms with Crippen LogP contribution >= 0.6 is 35.0 Å². The number of thioether (sulfide) groups is 1. The van der Waals surface area contributed by atoms with Crippen LogP contribution in [0.3, 0.4) is 0 Å². The Morgan fingerprint density at radius 2 is 1.75 bits per heavy atom. The van der Waals surface area contributed by atoms with Crippen LogP contribution in [0.1, 0.15) is 5.56 Å². The molecule has 2 aromatic carbocycles. The van der Waals surface area contributed by atoms with Gasteiger partial charge < -0.3 is 5.32 Å². The maximum Gasteiger partial charge on any atom is 0.295 e. The summed E-state index contributed by atoms with van der Waals surface area (Å²) in [5.74, 6) is -0.334. The molecule has 1 aliphatic heterocycles. The van der Waals surface area contributed by atoms with Gasteiger partial charge in [-0.3, -0.25) is 14.5 Å². The Morgan fingerprint density at radius 3 is 2.46 bits per heavy atom. The minimum Gasteiger partial charge on any atom is -0.366 e. The number of anilines is 1. The quantitative estimate of drug-likeness (QED) is 0.751. The maximum absolute atomic E-state index is 12.4. The zero-order valence-corrected chi connectivity index (χ0v) is 14.7. The summed E-state index contributed by atoms with van der Waals surface area (Å²) >= 11 is 12.8. The van der Waals surface area contributed by atoms with Gasteiger partial charge in [0.05, 0.1) is 22.3 Å². The van der Waals surface area contributed by atoms with Gasteiger partial charge >= 0.3 is 0 Å². The van der Waals surface area contributed by atoms with E-state index in [1.54, 1.807) is 42.5 Å². The fourth-order valence-corrected chi connectivity index (χ4v) is 3.28. The summed E-state index contributed by atoms with van der Waals surface area (Å²) in [6, 6.07) is 14.2. The minimum atomic E-state index is -0.334. The van der Waals surface area contributed by atoms with E-state index in [0.717, 1.165) is 22.2 Å². The number of hydrogen-bond donors (Lipinski definition) is 1. The zero-order valence-electron chi connectivity index (χ0n) is 12.3. The molecule has 0 aliphatic carbocycles. The molecule has 0 aromatic heterocycles. The Bertz CT molecular complexity index is 822. The summed E-state index contributed by atoms with van der Waals surface area (Å²) in [6.45, 7) is 0.0619. The normalized spacial score (nSPS) is 16.1. The molecule has 0 saturated carbocycles. The van der Waals surface area contributed by atoms with Gasteiger partial charge in [0.15, 0.2) is 0 Å². The largest absolute Gasteiger partial charge is 0.366 e. The molecule has 2 aromatic rings. The number of nitrogens with one attached hydrogen (secondary N) is 1. The number of halogens is 2. The van der Waals surface area contributed by atoms with Crippen molar-refractivity contribution >= 4 is 57.9 Å². The first-order valence-electron chi connectivity index (χ1n) is 7.04. The Labute approximate surface area is 153 Å². The molecule has 1 aliphatic rings. The van der Waals surface area contributed by atoms with Gasteiger partial charge in [0.25, 0.3) is 11.1 Å². The lowest BCUT2D eigenvalue weighted by Crippen LogP contribution is -2.33. The van der Waals surface area contributed by atoms with E-state index in [0.29, 0.717) is 20.6 Å². The van der Waals surface area contributed by atoms with Gasteiger partial charge in [-0.05, 0) is 47.7 Å². The number of carbonyl (C=O) groups is 2. The second-order valence-corrected chi connectivity index (χ2v) is 6.81. The van der Waals surface area contributed by atoms with Crippen LogP contribution in [0.2, 0.25) is 10.0 Å². The minimum absolute atomic E-state index is 0.0619. The third kappa shape index (κ3) is 3.75. The van der Waals surface area contributed by atoms with Crippen LogP contribution in [-0.4, -0.2) is 22.7 Å². The molecule has 3 rings (SSSR count). The van der Waals surface area contributed by atoms with Crippen molar-refractivity contribution in [1.82, 2.24) is 4.90 Å². The van der Waals surface area contributed by atoms with Crippen LogP contribution in [0.25, 0.3) is 6.08 Å². The number of carbonyl (C=O) groups excluding carboxylic acids is 2. The van der Waals surface area contributed by atoms with E-state index in [-0.39, 0.29) is 17.8 Å². The van der Waals surface area contributed by atoms with Gasteiger partial charge in [0.1, 0.15) is 0 Å². The highest BCUT2D eigenvalue weighted by molar-refractivity contribution is 8.18. The van der Waals surface area contributed by atoms with Crippen LogP contribution in [0, 0.1) is 0 Å². The first kappa shape index (κ1) is 16.9. The molecule has 4 nitrogen and oxygen atoms in total. The summed E-state index contributed by atoms with van der Waals surface area (Å²) in [5.41, 5.74) is 1.48. The van der Waals surface area contributed by atoms with E-state index in [2.05, 4.69) is 5.32 Å². The first-order valence-corrected chi connectivity index (χ1v) is 8.61. The lowest BCUT2D eigenvalue weighted by Gasteiger charge is -2.15. The summed E-state index contributed by atoms with van der Waals surface area (Å²) in [4.78, 5) is 26.0. The summed E-state index contributed by atoms with van der Waals surface area (Å²) < 4.78 is 0. The van der Waals surface area contributed by atoms with Crippen molar-refractivity contribution in [2.75, 3.05) is 12.0 Å². The molecule has 0 bridgehead atoms. The van der Waals surface area contributed by atoms with Crippen LogP contribution in [0.15, 0.2) is 53.4 Å². The van der Waals surface area contributed by atoms with Gasteiger partial charge in [-0.1, -0.05) is 47.5 Å². The predicted octanol–water partition coefficient (Wildman–Crippen LogP) is 5.10. The monoisotopic (exact) mass is 378 g/mol. The number of nitrogens with zero attached hydrogens (tertiary/aromatic N) is 1. The van der Waals surface area contributed by atoms with Gasteiger partial charge in [0, 0.05) is 5.02 Å². The van der Waals surface area contributed by atoms with E-state index in [4.69, 9.17) is 23.2 Å². The van der Waals surface area contributed by atoms with Crippen LogP contribution < -0.4 is 5.32 Å². The number of rotatable bonds is 4. The van der Waals surface area contributed by atoms with Crippen molar-refractivity contribution in [2.45, 2.75) is 0 Å². The third-order valence-corrected chi connectivity index (χ3v) is 4.83. The topological polar surface area (TPSA) is 49.4 Å². The maximum atomic E-state index is 12.4. The van der Waals surface area contributed by atoms with E-state index in [1.807, 2.05) is 12.1 Å². The number of benzene rings is 2. The van der Waals surface area contributed by atoms with Crippen molar-refractivity contribution < 1.29 is 9.59 Å². The number of imide groups is 1. The predicted molar refractivity (Wildman–Crippen MR) is 99.2 cm³/mol. The van der Waals surface area contributed by atoms with Gasteiger partial charge in [0.2, 0.25) is 0 Å². The van der Waals surface area contributed by atoms with Gasteiger partial charge in [-0.15, -0.1) is 0 Å². The molecule has 0 spiro atoms. The summed E-state index contributed by atoms with van der Waals surface area (Å²) in [5, 5.41) is 3.83. The Kier molecular flexibility index (Phi) is 5.14. The molecular weight excluding hydrogens is 367 g/mol. The molecule has 1 N–H and O–H groups in total. The fraction of sp³-hybridized carbons (Fsp3) is 0.0588. The lowest BCUT2D eigenvalue weighted by atomic mass is 10.2. The average Bonchev–Trinajstić information content (AvgIpc) is 2.83. The average molecular weight is 379 g/mol. The van der Waals surface area contributed by atoms with E-state index in [1.165, 1.54) is 0 Å². The summed E-state index contributed by atoms with van der Waals surface area (Å²) in [6.07, 6.45) is 1.68. The van der Waals surface area contributed by atoms with Gasteiger partial charge in [-0.25, -0.2) is 0 Å². The van der Waals surface area contributed by atoms with Crippen molar-refractivity contribution in [3.05, 3.63) is 69.0 Å². The van der Waals surface area contributed by atoms with E-state index in [9.17, 15) is 9.59 Å². The van der Waals surface area contributed by atoms with E-state index >= 15 is 0 Å². The Hall–Kier alpha value is -1.95. The fourth-order valence-electron chi connectivity index (χ4n) is 2.12. The highest BCUT2D eigenvalue weighted by Crippen LogP contribution is 2.32. The molecule has 0 atom stereocenters. The Morgan fingerprint density at radius 1 is 1.04 bits per heavy atom. The van der Waals surface area contributed by atoms with E-state index < -0.39 is 0 Å². The highest BCUT2D eigenvalue weighted by atomic mass is 35.5. The van der Waals surface area contributed by atoms with Crippen LogP contribution in [0.5, 0.6) is 0 Å². The SMILES string of the molecule is O=C1SC(=Cc2ccc(Cl)cc2)C(=O)N1CNc1ccccc1Cl. The van der Waals surface area contributed by atoms with Crippen LogP contribution in [-0.2, 0) is 4.79 Å². The molecule has 1 heterocycles. The van der Waals surface area contributed by atoms with Crippen molar-refractivity contribution in [3.8, 4) is 0 Å². The first-order chi connectivity index (χ1) is 11.5. The Balaban J connectivity index is 1.72. The lowest BCUT2D eigenvalue weighted by molar-refractivity contribution is -0.122. The second-order valence-electron chi connectivity index (χ2n) is 4.98. The number of amides is 2. The van der Waals surface area contributed by atoms with Crippen molar-refractivity contribution in [1.29, 1.82) is 0 Å². The molecule has 122 valence electrons. The van der Waals surface area contributed by atoms with Crippen LogP contribution in [0.4, 0.5) is 10.5 Å². The molecule has 0 radical (unpaired) electrons. The molecule has 24 heavy (non-hydrogen) atoms.